The van der Waals surface area contributed by atoms with Gasteiger partial charge >= 0.3 is 5.97 Å². The number of amides is 1. The predicted molar refractivity (Wildman–Crippen MR) is 117 cm³/mol. The number of likely N-dealkylation sites (N-methyl/N-ethyl adjacent to an activating group) is 1. The number of esters is 1. The second-order valence-corrected chi connectivity index (χ2v) is 7.26. The third-order valence-electron chi connectivity index (χ3n) is 4.30. The first-order valence-electron chi connectivity index (χ1n) is 9.22. The minimum Gasteiger partial charge on any atom is -0.493 e. The highest BCUT2D eigenvalue weighted by molar-refractivity contribution is 8.18. The topological polar surface area (TPSA) is 77.4 Å². The molecule has 1 amide bonds. The first-order chi connectivity index (χ1) is 14.5. The van der Waals surface area contributed by atoms with Crippen LogP contribution in [0.5, 0.6) is 11.5 Å². The van der Waals surface area contributed by atoms with Gasteiger partial charge < -0.3 is 14.2 Å². The molecular weight excluding hydrogens is 404 g/mol. The van der Waals surface area contributed by atoms with Gasteiger partial charge in [0.1, 0.15) is 0 Å². The van der Waals surface area contributed by atoms with E-state index >= 15 is 0 Å². The Hall–Kier alpha value is -3.26. The van der Waals surface area contributed by atoms with Crippen molar-refractivity contribution in [1.29, 1.82) is 0 Å². The molecule has 0 aromatic heterocycles. The zero-order valence-corrected chi connectivity index (χ0v) is 18.0. The number of methoxy groups -OCH3 is 2. The number of amidine groups is 1. The second kappa shape index (κ2) is 9.49. The molecule has 30 heavy (non-hydrogen) atoms. The second-order valence-electron chi connectivity index (χ2n) is 6.25. The normalized spacial score (nSPS) is 16.3. The Morgan fingerprint density at radius 3 is 2.50 bits per heavy atom. The third kappa shape index (κ3) is 4.65. The lowest BCUT2D eigenvalue weighted by atomic mass is 10.2. The SMILES string of the molecule is CCOc1ccc(C=C2SC(=Nc3ccc(C(=O)OC)cc3)N(C)C2=O)cc1OC. The fourth-order valence-corrected chi connectivity index (χ4v) is 3.74. The number of carbonyl (C=O) groups excluding carboxylic acids is 2. The third-order valence-corrected chi connectivity index (χ3v) is 5.36. The summed E-state index contributed by atoms with van der Waals surface area (Å²) in [6.45, 7) is 2.44. The maximum Gasteiger partial charge on any atom is 0.337 e. The summed E-state index contributed by atoms with van der Waals surface area (Å²) in [6, 6.07) is 12.2. The smallest absolute Gasteiger partial charge is 0.337 e. The van der Waals surface area contributed by atoms with Gasteiger partial charge in [-0.05, 0) is 66.7 Å². The van der Waals surface area contributed by atoms with Crippen LogP contribution in [-0.2, 0) is 9.53 Å². The van der Waals surface area contributed by atoms with Crippen molar-refractivity contribution in [3.05, 3.63) is 58.5 Å². The van der Waals surface area contributed by atoms with Crippen molar-refractivity contribution in [2.75, 3.05) is 27.9 Å². The molecule has 0 atom stereocenters. The molecule has 1 aliphatic heterocycles. The summed E-state index contributed by atoms with van der Waals surface area (Å²) < 4.78 is 15.6. The average molecular weight is 426 g/mol. The highest BCUT2D eigenvalue weighted by atomic mass is 32.2. The summed E-state index contributed by atoms with van der Waals surface area (Å²) in [5, 5.41) is 0.551. The lowest BCUT2D eigenvalue weighted by Gasteiger charge is -2.09. The molecule has 0 N–H and O–H groups in total. The van der Waals surface area contributed by atoms with E-state index < -0.39 is 5.97 Å². The maximum atomic E-state index is 12.7. The van der Waals surface area contributed by atoms with Crippen LogP contribution in [0.1, 0.15) is 22.8 Å². The van der Waals surface area contributed by atoms with Gasteiger partial charge in [0.15, 0.2) is 16.7 Å². The summed E-state index contributed by atoms with van der Waals surface area (Å²) in [5.41, 5.74) is 1.90. The van der Waals surface area contributed by atoms with E-state index in [0.29, 0.717) is 39.4 Å². The van der Waals surface area contributed by atoms with E-state index in [-0.39, 0.29) is 5.91 Å². The van der Waals surface area contributed by atoms with Gasteiger partial charge in [-0.2, -0.15) is 0 Å². The van der Waals surface area contributed by atoms with E-state index in [1.807, 2.05) is 25.1 Å². The van der Waals surface area contributed by atoms with E-state index in [0.717, 1.165) is 5.56 Å². The van der Waals surface area contributed by atoms with Crippen molar-refractivity contribution in [3.8, 4) is 11.5 Å². The first-order valence-corrected chi connectivity index (χ1v) is 10.0. The van der Waals surface area contributed by atoms with Crippen LogP contribution in [0.25, 0.3) is 6.08 Å². The fourth-order valence-electron chi connectivity index (χ4n) is 2.75. The number of hydrogen-bond donors (Lipinski definition) is 0. The number of aliphatic imine (C=N–C) groups is 1. The molecule has 1 saturated heterocycles. The van der Waals surface area contributed by atoms with E-state index in [9.17, 15) is 9.59 Å². The lowest BCUT2D eigenvalue weighted by Crippen LogP contribution is -2.23. The number of hydrogen-bond acceptors (Lipinski definition) is 7. The minimum absolute atomic E-state index is 0.141. The van der Waals surface area contributed by atoms with E-state index in [1.54, 1.807) is 44.5 Å². The van der Waals surface area contributed by atoms with Crippen molar-refractivity contribution < 1.29 is 23.8 Å². The predicted octanol–water partition coefficient (Wildman–Crippen LogP) is 4.11. The Balaban J connectivity index is 1.83. The minimum atomic E-state index is -0.409. The average Bonchev–Trinajstić information content (AvgIpc) is 3.02. The lowest BCUT2D eigenvalue weighted by molar-refractivity contribution is -0.121. The highest BCUT2D eigenvalue weighted by Crippen LogP contribution is 2.35. The van der Waals surface area contributed by atoms with Gasteiger partial charge in [0, 0.05) is 7.05 Å². The van der Waals surface area contributed by atoms with Crippen molar-refractivity contribution >= 4 is 40.6 Å². The van der Waals surface area contributed by atoms with Crippen molar-refractivity contribution in [3.63, 3.8) is 0 Å². The molecule has 0 radical (unpaired) electrons. The standard InChI is InChI=1S/C22H22N2O5S/c1-5-29-17-11-6-14(12-18(17)27-3)13-19-20(25)24(2)22(30-19)23-16-9-7-15(8-10-16)21(26)28-4/h6-13H,5H2,1-4H3. The molecular formula is C22H22N2O5S. The number of ether oxygens (including phenoxy) is 3. The van der Waals surface area contributed by atoms with Gasteiger partial charge in [-0.25, -0.2) is 9.79 Å². The van der Waals surface area contributed by atoms with Gasteiger partial charge in [0.2, 0.25) is 0 Å². The van der Waals surface area contributed by atoms with Crippen LogP contribution >= 0.6 is 11.8 Å². The molecule has 3 rings (SSSR count). The van der Waals surface area contributed by atoms with Crippen LogP contribution in [0.2, 0.25) is 0 Å². The van der Waals surface area contributed by atoms with Gasteiger partial charge in [0.05, 0.1) is 37.0 Å². The summed E-state index contributed by atoms with van der Waals surface area (Å²) in [5.74, 6) is 0.711. The van der Waals surface area contributed by atoms with Crippen molar-refractivity contribution in [2.24, 2.45) is 4.99 Å². The summed E-state index contributed by atoms with van der Waals surface area (Å²) in [4.78, 5) is 30.8. The molecule has 8 heteroatoms. The van der Waals surface area contributed by atoms with Crippen molar-refractivity contribution in [2.45, 2.75) is 6.92 Å². The maximum absolute atomic E-state index is 12.7. The molecule has 156 valence electrons. The largest absolute Gasteiger partial charge is 0.493 e. The van der Waals surface area contributed by atoms with Gasteiger partial charge in [-0.15, -0.1) is 0 Å². The monoisotopic (exact) mass is 426 g/mol. The van der Waals surface area contributed by atoms with Gasteiger partial charge in [-0.1, -0.05) is 6.07 Å². The molecule has 0 bridgehead atoms. The summed E-state index contributed by atoms with van der Waals surface area (Å²) >= 11 is 1.28. The quantitative estimate of drug-likeness (QED) is 0.511. The molecule has 0 saturated carbocycles. The molecule has 2 aromatic carbocycles. The number of benzene rings is 2. The Kier molecular flexibility index (Phi) is 6.79. The van der Waals surface area contributed by atoms with Crippen molar-refractivity contribution in [1.82, 2.24) is 4.90 Å². The summed E-state index contributed by atoms with van der Waals surface area (Å²) in [6.07, 6.45) is 1.80. The molecule has 1 fully saturated rings. The molecule has 1 heterocycles. The van der Waals surface area contributed by atoms with E-state index in [2.05, 4.69) is 4.99 Å². The number of rotatable bonds is 6. The van der Waals surface area contributed by atoms with Crippen LogP contribution in [0, 0.1) is 0 Å². The molecule has 0 aliphatic carbocycles. The van der Waals surface area contributed by atoms with E-state index in [4.69, 9.17) is 14.2 Å². The Bertz CT molecular complexity index is 1010. The van der Waals surface area contributed by atoms with Crippen LogP contribution in [0.4, 0.5) is 5.69 Å². The molecule has 7 nitrogen and oxygen atoms in total. The zero-order chi connectivity index (χ0) is 21.7. The van der Waals surface area contributed by atoms with E-state index in [1.165, 1.54) is 23.8 Å². The number of thioether (sulfide) groups is 1. The number of carbonyl (C=O) groups is 2. The van der Waals surface area contributed by atoms with Gasteiger partial charge in [-0.3, -0.25) is 9.69 Å². The first kappa shape index (κ1) is 21.4. The van der Waals surface area contributed by atoms with Crippen LogP contribution < -0.4 is 9.47 Å². The van der Waals surface area contributed by atoms with Crippen LogP contribution in [-0.4, -0.2) is 49.8 Å². The highest BCUT2D eigenvalue weighted by Gasteiger charge is 2.30. The fraction of sp³-hybridized carbons (Fsp3) is 0.227. The molecule has 2 aromatic rings. The Labute approximate surface area is 179 Å². The number of nitrogens with zero attached hydrogens (tertiary/aromatic N) is 2. The molecule has 1 aliphatic rings. The Morgan fingerprint density at radius 1 is 1.13 bits per heavy atom. The Morgan fingerprint density at radius 2 is 1.87 bits per heavy atom. The van der Waals surface area contributed by atoms with Crippen LogP contribution in [0.15, 0.2) is 52.4 Å². The molecule has 0 unspecified atom stereocenters. The zero-order valence-electron chi connectivity index (χ0n) is 17.2. The molecule has 0 spiro atoms. The van der Waals surface area contributed by atoms with Gasteiger partial charge in [0.25, 0.3) is 5.91 Å². The summed E-state index contributed by atoms with van der Waals surface area (Å²) in [7, 11) is 4.59. The van der Waals surface area contributed by atoms with Crippen LogP contribution in [0.3, 0.4) is 0 Å².